The molecule has 0 bridgehead atoms. The third kappa shape index (κ3) is 1.82. The van der Waals surface area contributed by atoms with Gasteiger partial charge in [-0.05, 0) is 28.9 Å². The molecule has 0 unspecified atom stereocenters. The van der Waals surface area contributed by atoms with Crippen LogP contribution in [-0.4, -0.2) is 17.9 Å². The summed E-state index contributed by atoms with van der Waals surface area (Å²) < 4.78 is 5.84. The first-order valence-electron chi connectivity index (χ1n) is 3.52. The van der Waals surface area contributed by atoms with Crippen LogP contribution in [0, 0.1) is 0 Å². The predicted molar refractivity (Wildman–Crippen MR) is 48.5 cm³/mol. The molecule has 0 amide bonds. The molecule has 0 aliphatic heterocycles. The van der Waals surface area contributed by atoms with Crippen molar-refractivity contribution in [2.75, 3.05) is 6.61 Å². The summed E-state index contributed by atoms with van der Waals surface area (Å²) in [6.45, 7) is 2.35. The highest BCUT2D eigenvalue weighted by molar-refractivity contribution is 9.10. The van der Waals surface area contributed by atoms with Crippen LogP contribution in [0.5, 0.6) is 5.88 Å². The van der Waals surface area contributed by atoms with E-state index in [4.69, 9.17) is 4.74 Å². The molecule has 1 rings (SSSR count). The van der Waals surface area contributed by atoms with Crippen molar-refractivity contribution >= 4 is 22.2 Å². The summed E-state index contributed by atoms with van der Waals surface area (Å²) in [5.74, 6) is 0.377. The lowest BCUT2D eigenvalue weighted by molar-refractivity contribution is 0.111. The molecule has 0 saturated heterocycles. The van der Waals surface area contributed by atoms with Crippen LogP contribution in [0.3, 0.4) is 0 Å². The van der Waals surface area contributed by atoms with Gasteiger partial charge in [0, 0.05) is 10.7 Å². The van der Waals surface area contributed by atoms with Gasteiger partial charge in [-0.3, -0.25) is 4.79 Å². The van der Waals surface area contributed by atoms with E-state index in [0.717, 1.165) is 6.29 Å². The van der Waals surface area contributed by atoms with Crippen LogP contribution in [-0.2, 0) is 0 Å². The SMILES string of the molecule is CCOc1nccc(Br)c1C=O. The van der Waals surface area contributed by atoms with Crippen LogP contribution >= 0.6 is 15.9 Å². The number of aromatic nitrogens is 1. The average Bonchev–Trinajstić information content (AvgIpc) is 2.05. The van der Waals surface area contributed by atoms with E-state index in [2.05, 4.69) is 20.9 Å². The first-order valence-corrected chi connectivity index (χ1v) is 4.31. The summed E-state index contributed by atoms with van der Waals surface area (Å²) in [6, 6.07) is 1.70. The first-order chi connectivity index (χ1) is 5.79. The molecule has 1 aromatic rings. The topological polar surface area (TPSA) is 39.2 Å². The van der Waals surface area contributed by atoms with Crippen LogP contribution in [0.1, 0.15) is 17.3 Å². The third-order valence-electron chi connectivity index (χ3n) is 1.30. The lowest BCUT2D eigenvalue weighted by atomic mass is 10.3. The minimum atomic E-state index is 0.377. The van der Waals surface area contributed by atoms with Crippen molar-refractivity contribution in [1.29, 1.82) is 0 Å². The molecule has 1 aromatic heterocycles. The standard InChI is InChI=1S/C8H8BrNO2/c1-2-12-8-6(5-11)7(9)3-4-10-8/h3-5H,2H2,1H3. The van der Waals surface area contributed by atoms with E-state index in [-0.39, 0.29) is 0 Å². The molecule has 4 heteroatoms. The number of hydrogen-bond acceptors (Lipinski definition) is 3. The second-order valence-corrected chi connectivity index (χ2v) is 2.92. The molecule has 0 aliphatic rings. The van der Waals surface area contributed by atoms with Crippen LogP contribution in [0.2, 0.25) is 0 Å². The van der Waals surface area contributed by atoms with Gasteiger partial charge in [0.1, 0.15) is 0 Å². The Hall–Kier alpha value is -0.900. The van der Waals surface area contributed by atoms with Gasteiger partial charge in [-0.2, -0.15) is 0 Å². The summed E-state index contributed by atoms with van der Waals surface area (Å²) in [7, 11) is 0. The summed E-state index contributed by atoms with van der Waals surface area (Å²) in [5.41, 5.74) is 0.458. The van der Waals surface area contributed by atoms with E-state index in [1.54, 1.807) is 12.3 Å². The van der Waals surface area contributed by atoms with Gasteiger partial charge in [-0.25, -0.2) is 4.98 Å². The number of aldehydes is 1. The fourth-order valence-corrected chi connectivity index (χ4v) is 1.17. The van der Waals surface area contributed by atoms with E-state index in [9.17, 15) is 4.79 Å². The van der Waals surface area contributed by atoms with Crippen molar-refractivity contribution in [3.05, 3.63) is 22.3 Å². The van der Waals surface area contributed by atoms with Gasteiger partial charge in [0.15, 0.2) is 6.29 Å². The second-order valence-electron chi connectivity index (χ2n) is 2.06. The Morgan fingerprint density at radius 1 is 1.75 bits per heavy atom. The van der Waals surface area contributed by atoms with E-state index < -0.39 is 0 Å². The molecule has 0 aromatic carbocycles. The lowest BCUT2D eigenvalue weighted by Gasteiger charge is -2.04. The average molecular weight is 230 g/mol. The first kappa shape index (κ1) is 9.19. The molecule has 0 radical (unpaired) electrons. The second kappa shape index (κ2) is 4.21. The van der Waals surface area contributed by atoms with E-state index in [0.29, 0.717) is 22.5 Å². The maximum atomic E-state index is 10.6. The van der Waals surface area contributed by atoms with Crippen molar-refractivity contribution in [2.24, 2.45) is 0 Å². The monoisotopic (exact) mass is 229 g/mol. The molecule has 0 spiro atoms. The van der Waals surface area contributed by atoms with Crippen LogP contribution in [0.25, 0.3) is 0 Å². The van der Waals surface area contributed by atoms with Gasteiger partial charge in [-0.15, -0.1) is 0 Å². The minimum absolute atomic E-state index is 0.377. The molecular weight excluding hydrogens is 222 g/mol. The number of rotatable bonds is 3. The molecular formula is C8H8BrNO2. The van der Waals surface area contributed by atoms with Crippen LogP contribution in [0.15, 0.2) is 16.7 Å². The van der Waals surface area contributed by atoms with E-state index in [1.807, 2.05) is 6.92 Å². The van der Waals surface area contributed by atoms with Gasteiger partial charge in [0.2, 0.25) is 5.88 Å². The maximum Gasteiger partial charge on any atom is 0.225 e. The fraction of sp³-hybridized carbons (Fsp3) is 0.250. The van der Waals surface area contributed by atoms with E-state index in [1.165, 1.54) is 0 Å². The summed E-state index contributed by atoms with van der Waals surface area (Å²) in [5, 5.41) is 0. The Labute approximate surface area is 78.9 Å². The number of hydrogen-bond donors (Lipinski definition) is 0. The van der Waals surface area contributed by atoms with Crippen LogP contribution < -0.4 is 4.74 Å². The normalized spacial score (nSPS) is 9.50. The van der Waals surface area contributed by atoms with E-state index >= 15 is 0 Å². The summed E-state index contributed by atoms with van der Waals surface area (Å²) in [6.07, 6.45) is 2.31. The number of nitrogens with zero attached hydrogens (tertiary/aromatic N) is 1. The summed E-state index contributed by atoms with van der Waals surface area (Å²) >= 11 is 3.23. The Morgan fingerprint density at radius 3 is 3.08 bits per heavy atom. The van der Waals surface area contributed by atoms with Crippen molar-refractivity contribution in [3.8, 4) is 5.88 Å². The summed E-state index contributed by atoms with van der Waals surface area (Å²) in [4.78, 5) is 14.5. The van der Waals surface area contributed by atoms with Crippen molar-refractivity contribution < 1.29 is 9.53 Å². The largest absolute Gasteiger partial charge is 0.477 e. The fourth-order valence-electron chi connectivity index (χ4n) is 0.790. The zero-order valence-corrected chi connectivity index (χ0v) is 8.17. The number of halogens is 1. The van der Waals surface area contributed by atoms with Crippen molar-refractivity contribution in [2.45, 2.75) is 6.92 Å². The Morgan fingerprint density at radius 2 is 2.50 bits per heavy atom. The molecule has 3 nitrogen and oxygen atoms in total. The maximum absolute atomic E-state index is 10.6. The lowest BCUT2D eigenvalue weighted by Crippen LogP contribution is -1.98. The smallest absolute Gasteiger partial charge is 0.225 e. The number of carbonyl (C=O) groups excluding carboxylic acids is 1. The van der Waals surface area contributed by atoms with Gasteiger partial charge < -0.3 is 4.74 Å². The number of carbonyl (C=O) groups is 1. The Balaban J connectivity index is 3.09. The van der Waals surface area contributed by atoms with Crippen molar-refractivity contribution in [1.82, 2.24) is 4.98 Å². The van der Waals surface area contributed by atoms with Crippen LogP contribution in [0.4, 0.5) is 0 Å². The molecule has 1 heterocycles. The molecule has 0 N–H and O–H groups in total. The Kier molecular flexibility index (Phi) is 3.22. The highest BCUT2D eigenvalue weighted by atomic mass is 79.9. The Bertz CT molecular complexity index is 288. The zero-order chi connectivity index (χ0) is 8.97. The molecule has 12 heavy (non-hydrogen) atoms. The molecule has 0 aliphatic carbocycles. The van der Waals surface area contributed by atoms with Gasteiger partial charge in [0.25, 0.3) is 0 Å². The van der Waals surface area contributed by atoms with Crippen molar-refractivity contribution in [3.63, 3.8) is 0 Å². The quantitative estimate of drug-likeness (QED) is 0.746. The van der Waals surface area contributed by atoms with Gasteiger partial charge >= 0.3 is 0 Å². The predicted octanol–water partition coefficient (Wildman–Crippen LogP) is 2.06. The highest BCUT2D eigenvalue weighted by Gasteiger charge is 2.06. The molecule has 0 fully saturated rings. The van der Waals surface area contributed by atoms with Gasteiger partial charge in [0.05, 0.1) is 12.2 Å². The molecule has 64 valence electrons. The molecule has 0 saturated carbocycles. The minimum Gasteiger partial charge on any atom is -0.477 e. The third-order valence-corrected chi connectivity index (χ3v) is 1.99. The zero-order valence-electron chi connectivity index (χ0n) is 6.58. The highest BCUT2D eigenvalue weighted by Crippen LogP contribution is 2.21. The number of ether oxygens (including phenoxy) is 1. The van der Waals surface area contributed by atoms with Gasteiger partial charge in [-0.1, -0.05) is 0 Å². The number of pyridine rings is 1. The molecule has 0 atom stereocenters.